The standard InChI is InChI=1S/C14H19F4NO2/c1-3-19-13(9-21-7-6-20-2)10-4-5-11(12(15)8-10)14(16,17)18/h4-5,8,13,19H,3,6-7,9H2,1-2H3. The quantitative estimate of drug-likeness (QED) is 0.591. The van der Waals surface area contributed by atoms with E-state index in [9.17, 15) is 17.6 Å². The fourth-order valence-corrected chi connectivity index (χ4v) is 1.84. The molecule has 0 heterocycles. The molecule has 0 fully saturated rings. The Hall–Kier alpha value is -1.18. The summed E-state index contributed by atoms with van der Waals surface area (Å²) in [6.07, 6.45) is -4.69. The van der Waals surface area contributed by atoms with E-state index in [0.29, 0.717) is 25.3 Å². The van der Waals surface area contributed by atoms with Crippen LogP contribution in [0, 0.1) is 5.82 Å². The van der Waals surface area contributed by atoms with Crippen molar-refractivity contribution in [3.63, 3.8) is 0 Å². The molecule has 0 aliphatic carbocycles. The van der Waals surface area contributed by atoms with Crippen molar-refractivity contribution < 1.29 is 27.0 Å². The Balaban J connectivity index is 2.81. The van der Waals surface area contributed by atoms with Gasteiger partial charge in [0, 0.05) is 7.11 Å². The van der Waals surface area contributed by atoms with Gasteiger partial charge in [-0.3, -0.25) is 0 Å². The monoisotopic (exact) mass is 309 g/mol. The fourth-order valence-electron chi connectivity index (χ4n) is 1.84. The Morgan fingerprint density at radius 2 is 1.95 bits per heavy atom. The van der Waals surface area contributed by atoms with Gasteiger partial charge in [0.25, 0.3) is 0 Å². The molecule has 0 saturated carbocycles. The third-order valence-corrected chi connectivity index (χ3v) is 2.87. The molecule has 0 aliphatic heterocycles. The minimum Gasteiger partial charge on any atom is -0.382 e. The lowest BCUT2D eigenvalue weighted by Crippen LogP contribution is -2.26. The molecule has 0 bridgehead atoms. The zero-order valence-corrected chi connectivity index (χ0v) is 12.0. The van der Waals surface area contributed by atoms with Crippen molar-refractivity contribution in [2.75, 3.05) is 33.5 Å². The van der Waals surface area contributed by atoms with Crippen LogP contribution in [-0.2, 0) is 15.7 Å². The average Bonchev–Trinajstić information content (AvgIpc) is 2.40. The minimum atomic E-state index is -4.69. The Bertz CT molecular complexity index is 437. The highest BCUT2D eigenvalue weighted by Gasteiger charge is 2.34. The van der Waals surface area contributed by atoms with Crippen molar-refractivity contribution >= 4 is 0 Å². The van der Waals surface area contributed by atoms with Gasteiger partial charge in [0.15, 0.2) is 0 Å². The average molecular weight is 309 g/mol. The van der Waals surface area contributed by atoms with Gasteiger partial charge in [-0.1, -0.05) is 13.0 Å². The number of ether oxygens (including phenoxy) is 2. The molecule has 0 radical (unpaired) electrons. The van der Waals surface area contributed by atoms with E-state index >= 15 is 0 Å². The first-order valence-corrected chi connectivity index (χ1v) is 6.56. The summed E-state index contributed by atoms with van der Waals surface area (Å²) in [7, 11) is 1.54. The number of hydrogen-bond donors (Lipinski definition) is 1. The third kappa shape index (κ3) is 5.61. The van der Waals surface area contributed by atoms with E-state index in [0.717, 1.165) is 12.1 Å². The number of halogens is 4. The molecular formula is C14H19F4NO2. The number of rotatable bonds is 8. The summed E-state index contributed by atoms with van der Waals surface area (Å²) in [5, 5.41) is 3.05. The highest BCUT2D eigenvalue weighted by molar-refractivity contribution is 5.28. The molecule has 1 aromatic carbocycles. The van der Waals surface area contributed by atoms with Crippen molar-refractivity contribution in [2.24, 2.45) is 0 Å². The molecular weight excluding hydrogens is 290 g/mol. The summed E-state index contributed by atoms with van der Waals surface area (Å²) in [6, 6.07) is 2.54. The molecule has 1 rings (SSSR count). The van der Waals surface area contributed by atoms with E-state index < -0.39 is 17.6 Å². The summed E-state index contributed by atoms with van der Waals surface area (Å²) in [5.74, 6) is -1.28. The summed E-state index contributed by atoms with van der Waals surface area (Å²) >= 11 is 0. The Morgan fingerprint density at radius 1 is 1.24 bits per heavy atom. The number of nitrogens with one attached hydrogen (secondary N) is 1. The van der Waals surface area contributed by atoms with Crippen LogP contribution < -0.4 is 5.32 Å². The smallest absolute Gasteiger partial charge is 0.382 e. The van der Waals surface area contributed by atoms with Gasteiger partial charge >= 0.3 is 6.18 Å². The Kier molecular flexibility index (Phi) is 7.07. The Labute approximate surface area is 121 Å². The largest absolute Gasteiger partial charge is 0.419 e. The summed E-state index contributed by atoms with van der Waals surface area (Å²) in [4.78, 5) is 0. The molecule has 120 valence electrons. The van der Waals surface area contributed by atoms with Crippen LogP contribution in [0.2, 0.25) is 0 Å². The molecule has 21 heavy (non-hydrogen) atoms. The van der Waals surface area contributed by atoms with Crippen LogP contribution in [0.15, 0.2) is 18.2 Å². The molecule has 0 spiro atoms. The van der Waals surface area contributed by atoms with Gasteiger partial charge in [0.05, 0.1) is 31.4 Å². The van der Waals surface area contributed by atoms with E-state index in [4.69, 9.17) is 9.47 Å². The maximum absolute atomic E-state index is 13.6. The second-order valence-electron chi connectivity index (χ2n) is 4.42. The van der Waals surface area contributed by atoms with Crippen LogP contribution >= 0.6 is 0 Å². The molecule has 0 aliphatic rings. The first-order chi connectivity index (χ1) is 9.90. The van der Waals surface area contributed by atoms with E-state index in [2.05, 4.69) is 5.32 Å². The lowest BCUT2D eigenvalue weighted by Gasteiger charge is -2.19. The lowest BCUT2D eigenvalue weighted by atomic mass is 10.0. The van der Waals surface area contributed by atoms with Crippen molar-refractivity contribution in [1.29, 1.82) is 0 Å². The molecule has 1 atom stereocenters. The van der Waals surface area contributed by atoms with Gasteiger partial charge in [0.1, 0.15) is 5.82 Å². The normalized spacial score (nSPS) is 13.4. The zero-order chi connectivity index (χ0) is 15.9. The molecule has 3 nitrogen and oxygen atoms in total. The SMILES string of the molecule is CCNC(COCCOC)c1ccc(C(F)(F)F)c(F)c1. The van der Waals surface area contributed by atoms with Crippen LogP contribution in [0.5, 0.6) is 0 Å². The van der Waals surface area contributed by atoms with E-state index in [1.165, 1.54) is 13.2 Å². The lowest BCUT2D eigenvalue weighted by molar-refractivity contribution is -0.140. The van der Waals surface area contributed by atoms with Crippen LogP contribution in [0.25, 0.3) is 0 Å². The molecule has 0 saturated heterocycles. The summed E-state index contributed by atoms with van der Waals surface area (Å²) < 4.78 is 61.3. The van der Waals surface area contributed by atoms with E-state index in [-0.39, 0.29) is 12.6 Å². The number of benzene rings is 1. The summed E-state index contributed by atoms with van der Waals surface area (Å²) in [6.45, 7) is 3.44. The van der Waals surface area contributed by atoms with E-state index in [1.807, 2.05) is 6.92 Å². The maximum Gasteiger partial charge on any atom is 0.419 e. The molecule has 1 unspecified atom stereocenters. The topological polar surface area (TPSA) is 30.5 Å². The fraction of sp³-hybridized carbons (Fsp3) is 0.571. The van der Waals surface area contributed by atoms with Crippen LogP contribution in [0.4, 0.5) is 17.6 Å². The summed E-state index contributed by atoms with van der Waals surface area (Å²) in [5.41, 5.74) is -0.846. The number of likely N-dealkylation sites (N-methyl/N-ethyl adjacent to an activating group) is 1. The maximum atomic E-state index is 13.6. The van der Waals surface area contributed by atoms with Gasteiger partial charge in [-0.2, -0.15) is 13.2 Å². The van der Waals surface area contributed by atoms with Gasteiger partial charge in [-0.25, -0.2) is 4.39 Å². The second-order valence-corrected chi connectivity index (χ2v) is 4.42. The minimum absolute atomic E-state index is 0.224. The van der Waals surface area contributed by atoms with Gasteiger partial charge in [-0.05, 0) is 24.2 Å². The number of methoxy groups -OCH3 is 1. The molecule has 0 amide bonds. The number of alkyl halides is 3. The third-order valence-electron chi connectivity index (χ3n) is 2.87. The van der Waals surface area contributed by atoms with Gasteiger partial charge in [0.2, 0.25) is 0 Å². The van der Waals surface area contributed by atoms with Crippen LogP contribution in [0.3, 0.4) is 0 Å². The van der Waals surface area contributed by atoms with Crippen LogP contribution in [0.1, 0.15) is 24.1 Å². The predicted octanol–water partition coefficient (Wildman–Crippen LogP) is 3.16. The molecule has 7 heteroatoms. The van der Waals surface area contributed by atoms with Crippen molar-refractivity contribution in [3.8, 4) is 0 Å². The van der Waals surface area contributed by atoms with E-state index in [1.54, 1.807) is 0 Å². The molecule has 1 N–H and O–H groups in total. The Morgan fingerprint density at radius 3 is 2.48 bits per heavy atom. The number of hydrogen-bond acceptors (Lipinski definition) is 3. The molecule has 0 aromatic heterocycles. The van der Waals surface area contributed by atoms with Gasteiger partial charge < -0.3 is 14.8 Å². The first kappa shape index (κ1) is 17.9. The second kappa shape index (κ2) is 8.31. The highest BCUT2D eigenvalue weighted by atomic mass is 19.4. The zero-order valence-electron chi connectivity index (χ0n) is 12.0. The molecule has 1 aromatic rings. The first-order valence-electron chi connectivity index (χ1n) is 6.56. The van der Waals surface area contributed by atoms with Crippen molar-refractivity contribution in [1.82, 2.24) is 5.32 Å². The van der Waals surface area contributed by atoms with Crippen molar-refractivity contribution in [3.05, 3.63) is 35.1 Å². The highest BCUT2D eigenvalue weighted by Crippen LogP contribution is 2.32. The van der Waals surface area contributed by atoms with Crippen LogP contribution in [-0.4, -0.2) is 33.5 Å². The van der Waals surface area contributed by atoms with Crippen molar-refractivity contribution in [2.45, 2.75) is 19.1 Å². The van der Waals surface area contributed by atoms with Gasteiger partial charge in [-0.15, -0.1) is 0 Å². The predicted molar refractivity (Wildman–Crippen MR) is 70.5 cm³/mol.